The average molecular weight is 432 g/mol. The highest BCUT2D eigenvalue weighted by atomic mass is 32.2. The second kappa shape index (κ2) is 8.58. The predicted molar refractivity (Wildman–Crippen MR) is 118 cm³/mol. The molecule has 1 heterocycles. The molecule has 30 heavy (non-hydrogen) atoms. The third-order valence-corrected chi connectivity index (χ3v) is 7.45. The van der Waals surface area contributed by atoms with Crippen LogP contribution in [0.2, 0.25) is 0 Å². The molecule has 0 aromatic heterocycles. The number of nitrogens with zero attached hydrogens (tertiary/aromatic N) is 1. The lowest BCUT2D eigenvalue weighted by atomic mass is 9.86. The Bertz CT molecular complexity index is 967. The monoisotopic (exact) mass is 431 g/mol. The van der Waals surface area contributed by atoms with Crippen LogP contribution in [0.3, 0.4) is 0 Å². The number of allylic oxidation sites excluding steroid dienone is 2. The Balaban J connectivity index is 2.24. The number of rotatable bonds is 7. The summed E-state index contributed by atoms with van der Waals surface area (Å²) in [7, 11) is -3.82. The number of carbonyl (C=O) groups excluding carboxylic acids is 1. The fraction of sp³-hybridized carbons (Fsp3) is 0.542. The number of sulfonamides is 1. The zero-order chi connectivity index (χ0) is 22.2. The normalized spacial score (nSPS) is 20.1. The molecule has 6 heteroatoms. The molecule has 0 radical (unpaired) electrons. The number of ether oxygens (including phenoxy) is 1. The summed E-state index contributed by atoms with van der Waals surface area (Å²) in [6.07, 6.45) is 4.44. The molecule has 1 aromatic rings. The molecule has 0 saturated heterocycles. The number of hydrogen-bond acceptors (Lipinski definition) is 4. The Morgan fingerprint density at radius 2 is 1.73 bits per heavy atom. The van der Waals surface area contributed by atoms with Crippen molar-refractivity contribution in [2.75, 3.05) is 0 Å². The largest absolute Gasteiger partial charge is 0.425 e. The first-order valence-electron chi connectivity index (χ1n) is 10.8. The Labute approximate surface area is 180 Å². The summed E-state index contributed by atoms with van der Waals surface area (Å²) in [5, 5.41) is 0. The Morgan fingerprint density at radius 3 is 2.20 bits per heavy atom. The SMILES string of the molecule is CC(=O)OC1=C(C2CC2)N(S(=O)(=O)c2ccc(C)cc2)[C@H](CC(C)C)C(C(C)C)=C1. The molecule has 3 rings (SSSR count). The van der Waals surface area contributed by atoms with Crippen LogP contribution in [-0.2, 0) is 19.6 Å². The molecule has 0 spiro atoms. The molecule has 2 aliphatic rings. The van der Waals surface area contributed by atoms with Crippen LogP contribution in [0, 0.1) is 24.7 Å². The van der Waals surface area contributed by atoms with Crippen LogP contribution in [0.5, 0.6) is 0 Å². The standard InChI is InChI=1S/C24H33NO4S/c1-15(2)13-22-21(16(3)4)14-23(29-18(6)26)24(19-9-10-19)25(22)30(27,28)20-11-7-17(5)8-12-20/h7-8,11-12,14-16,19,22H,9-10,13H2,1-6H3/t22-/m1/s1. The molecule has 5 nitrogen and oxygen atoms in total. The first-order valence-corrected chi connectivity index (χ1v) is 12.2. The van der Waals surface area contributed by atoms with E-state index in [1.165, 1.54) is 6.92 Å². The lowest BCUT2D eigenvalue weighted by Crippen LogP contribution is -2.45. The van der Waals surface area contributed by atoms with Crippen LogP contribution in [0.4, 0.5) is 0 Å². The van der Waals surface area contributed by atoms with Gasteiger partial charge in [0, 0.05) is 12.8 Å². The van der Waals surface area contributed by atoms with E-state index >= 15 is 0 Å². The van der Waals surface area contributed by atoms with E-state index in [4.69, 9.17) is 4.74 Å². The molecule has 0 amide bonds. The lowest BCUT2D eigenvalue weighted by Gasteiger charge is -2.41. The summed E-state index contributed by atoms with van der Waals surface area (Å²) in [4.78, 5) is 12.1. The van der Waals surface area contributed by atoms with Crippen LogP contribution in [0.25, 0.3) is 0 Å². The van der Waals surface area contributed by atoms with Crippen molar-refractivity contribution in [1.82, 2.24) is 4.31 Å². The van der Waals surface area contributed by atoms with E-state index in [1.54, 1.807) is 16.4 Å². The minimum atomic E-state index is -3.82. The van der Waals surface area contributed by atoms with Crippen molar-refractivity contribution in [3.05, 3.63) is 52.9 Å². The van der Waals surface area contributed by atoms with Crippen molar-refractivity contribution in [3.8, 4) is 0 Å². The maximum atomic E-state index is 14.0. The maximum absolute atomic E-state index is 14.0. The first kappa shape index (κ1) is 22.6. The van der Waals surface area contributed by atoms with Gasteiger partial charge < -0.3 is 4.74 Å². The minimum Gasteiger partial charge on any atom is -0.425 e. The highest BCUT2D eigenvalue weighted by molar-refractivity contribution is 7.89. The third-order valence-electron chi connectivity index (χ3n) is 5.61. The zero-order valence-electron chi connectivity index (χ0n) is 18.8. The summed E-state index contributed by atoms with van der Waals surface area (Å²) in [6.45, 7) is 11.6. The average Bonchev–Trinajstić information content (AvgIpc) is 3.46. The van der Waals surface area contributed by atoms with Gasteiger partial charge >= 0.3 is 5.97 Å². The number of hydrogen-bond donors (Lipinski definition) is 0. The summed E-state index contributed by atoms with van der Waals surface area (Å²) < 4.78 is 35.1. The maximum Gasteiger partial charge on any atom is 0.308 e. The van der Waals surface area contributed by atoms with Gasteiger partial charge in [-0.1, -0.05) is 45.4 Å². The van der Waals surface area contributed by atoms with Gasteiger partial charge in [0.25, 0.3) is 10.0 Å². The molecule has 0 N–H and O–H groups in total. The predicted octanol–water partition coefficient (Wildman–Crippen LogP) is 5.18. The number of carbonyl (C=O) groups is 1. The lowest BCUT2D eigenvalue weighted by molar-refractivity contribution is -0.136. The summed E-state index contributed by atoms with van der Waals surface area (Å²) in [6, 6.07) is 6.69. The quantitative estimate of drug-likeness (QED) is 0.558. The molecule has 1 fully saturated rings. The van der Waals surface area contributed by atoms with Gasteiger partial charge in [-0.25, -0.2) is 8.42 Å². The van der Waals surface area contributed by atoms with Gasteiger partial charge in [-0.2, -0.15) is 0 Å². The minimum absolute atomic E-state index is 0.0965. The van der Waals surface area contributed by atoms with E-state index in [-0.39, 0.29) is 22.8 Å². The van der Waals surface area contributed by atoms with Gasteiger partial charge in [0.15, 0.2) is 5.76 Å². The van der Waals surface area contributed by atoms with E-state index in [1.807, 2.05) is 25.1 Å². The summed E-state index contributed by atoms with van der Waals surface area (Å²) >= 11 is 0. The second-order valence-electron chi connectivity index (χ2n) is 9.18. The Kier molecular flexibility index (Phi) is 6.46. The smallest absolute Gasteiger partial charge is 0.308 e. The van der Waals surface area contributed by atoms with Crippen molar-refractivity contribution >= 4 is 16.0 Å². The fourth-order valence-electron chi connectivity index (χ4n) is 4.06. The number of aryl methyl sites for hydroxylation is 1. The van der Waals surface area contributed by atoms with E-state index in [9.17, 15) is 13.2 Å². The topological polar surface area (TPSA) is 63.7 Å². The van der Waals surface area contributed by atoms with Gasteiger partial charge in [-0.3, -0.25) is 9.10 Å². The van der Waals surface area contributed by atoms with Crippen molar-refractivity contribution in [2.24, 2.45) is 17.8 Å². The van der Waals surface area contributed by atoms with Crippen LogP contribution >= 0.6 is 0 Å². The van der Waals surface area contributed by atoms with Gasteiger partial charge in [-0.05, 0) is 61.8 Å². The van der Waals surface area contributed by atoms with Crippen LogP contribution in [0.1, 0.15) is 59.4 Å². The van der Waals surface area contributed by atoms with Crippen molar-refractivity contribution in [3.63, 3.8) is 0 Å². The molecule has 1 aromatic carbocycles. The summed E-state index contributed by atoms with van der Waals surface area (Å²) in [5.74, 6) is 0.487. The molecule has 0 unspecified atom stereocenters. The molecule has 164 valence electrons. The van der Waals surface area contributed by atoms with Crippen LogP contribution < -0.4 is 0 Å². The molecule has 1 aliphatic carbocycles. The van der Waals surface area contributed by atoms with Gasteiger partial charge in [0.05, 0.1) is 16.6 Å². The Morgan fingerprint density at radius 1 is 1.13 bits per heavy atom. The van der Waals surface area contributed by atoms with Gasteiger partial charge in [0.1, 0.15) is 0 Å². The molecule has 0 bridgehead atoms. The van der Waals surface area contributed by atoms with Crippen molar-refractivity contribution in [1.29, 1.82) is 0 Å². The van der Waals surface area contributed by atoms with Crippen LogP contribution in [0.15, 0.2) is 52.3 Å². The number of esters is 1. The molecular weight excluding hydrogens is 398 g/mol. The highest BCUT2D eigenvalue weighted by Gasteiger charge is 2.46. The summed E-state index contributed by atoms with van der Waals surface area (Å²) in [5.41, 5.74) is 2.63. The number of benzene rings is 1. The van der Waals surface area contributed by atoms with Gasteiger partial charge in [-0.15, -0.1) is 0 Å². The van der Waals surface area contributed by atoms with E-state index in [0.717, 1.165) is 24.0 Å². The molecule has 1 aliphatic heterocycles. The molecule has 1 atom stereocenters. The fourth-order valence-corrected chi connectivity index (χ4v) is 5.81. The Hall–Kier alpha value is -2.08. The first-order chi connectivity index (χ1) is 14.0. The van der Waals surface area contributed by atoms with Crippen molar-refractivity contribution < 1.29 is 17.9 Å². The second-order valence-corrected chi connectivity index (χ2v) is 11.0. The van der Waals surface area contributed by atoms with Crippen LogP contribution in [-0.4, -0.2) is 24.7 Å². The van der Waals surface area contributed by atoms with E-state index in [2.05, 4.69) is 27.7 Å². The van der Waals surface area contributed by atoms with E-state index in [0.29, 0.717) is 23.8 Å². The van der Waals surface area contributed by atoms with Crippen molar-refractivity contribution in [2.45, 2.75) is 71.7 Å². The third kappa shape index (κ3) is 4.64. The van der Waals surface area contributed by atoms with Gasteiger partial charge in [0.2, 0.25) is 0 Å². The molecular formula is C24H33NO4S. The molecule has 1 saturated carbocycles. The zero-order valence-corrected chi connectivity index (χ0v) is 19.6. The highest BCUT2D eigenvalue weighted by Crippen LogP contribution is 2.48. The van der Waals surface area contributed by atoms with E-state index < -0.39 is 16.0 Å².